The summed E-state index contributed by atoms with van der Waals surface area (Å²) in [5.74, 6) is 0.918. The molecule has 1 aliphatic heterocycles. The van der Waals surface area contributed by atoms with E-state index in [0.29, 0.717) is 10.8 Å². The predicted octanol–water partition coefficient (Wildman–Crippen LogP) is 3.56. The fraction of sp³-hybridized carbons (Fsp3) is 0.111. The molecule has 0 radical (unpaired) electrons. The molecule has 1 saturated heterocycles. The van der Waals surface area contributed by atoms with E-state index in [2.05, 4.69) is 10.3 Å². The number of aromatic hydroxyl groups is 1. The van der Waals surface area contributed by atoms with Gasteiger partial charge in [-0.05, 0) is 48.6 Å². The molecule has 5 nitrogen and oxygen atoms in total. The second kappa shape index (κ2) is 5.98. The van der Waals surface area contributed by atoms with Crippen molar-refractivity contribution in [2.45, 2.75) is 12.1 Å². The number of phenolic OH excluding ortho intramolecular Hbond substituents is 1. The van der Waals surface area contributed by atoms with E-state index in [-0.39, 0.29) is 17.8 Å². The van der Waals surface area contributed by atoms with Gasteiger partial charge in [0.1, 0.15) is 17.6 Å². The Morgan fingerprint density at radius 3 is 2.62 bits per heavy atom. The normalized spacial score (nSPS) is 20.2. The van der Waals surface area contributed by atoms with Gasteiger partial charge in [-0.25, -0.2) is 0 Å². The van der Waals surface area contributed by atoms with Gasteiger partial charge in [0.25, 0.3) is 0 Å². The van der Waals surface area contributed by atoms with Crippen LogP contribution in [0.4, 0.5) is 5.69 Å². The number of furan rings is 1. The van der Waals surface area contributed by atoms with Crippen LogP contribution in [0.2, 0.25) is 0 Å². The van der Waals surface area contributed by atoms with Crippen LogP contribution in [0.25, 0.3) is 0 Å². The van der Waals surface area contributed by atoms with Crippen LogP contribution in [0.15, 0.2) is 71.5 Å². The van der Waals surface area contributed by atoms with Crippen LogP contribution in [0.5, 0.6) is 5.75 Å². The molecule has 0 spiro atoms. The molecule has 0 amide bonds. The van der Waals surface area contributed by atoms with Gasteiger partial charge in [-0.1, -0.05) is 18.2 Å². The maximum Gasteiger partial charge on any atom is 0.174 e. The van der Waals surface area contributed by atoms with Crippen molar-refractivity contribution in [1.82, 2.24) is 10.3 Å². The van der Waals surface area contributed by atoms with E-state index >= 15 is 0 Å². The van der Waals surface area contributed by atoms with E-state index < -0.39 is 0 Å². The summed E-state index contributed by atoms with van der Waals surface area (Å²) in [5.41, 5.74) is 1.49. The Morgan fingerprint density at radius 2 is 1.92 bits per heavy atom. The molecule has 2 N–H and O–H groups in total. The minimum Gasteiger partial charge on any atom is -0.506 e. The molecular formula is C18H15N3O2S. The quantitative estimate of drug-likeness (QED) is 0.713. The maximum atomic E-state index is 10.3. The van der Waals surface area contributed by atoms with Gasteiger partial charge in [-0.15, -0.1) is 0 Å². The lowest BCUT2D eigenvalue weighted by Crippen LogP contribution is -2.29. The fourth-order valence-corrected chi connectivity index (χ4v) is 3.37. The second-order valence-electron chi connectivity index (χ2n) is 5.50. The molecule has 0 bridgehead atoms. The monoisotopic (exact) mass is 337 g/mol. The Morgan fingerprint density at radius 1 is 1.08 bits per heavy atom. The summed E-state index contributed by atoms with van der Waals surface area (Å²) in [6.07, 6.45) is 3.39. The van der Waals surface area contributed by atoms with E-state index in [4.69, 9.17) is 16.6 Å². The number of hydrogen-bond acceptors (Lipinski definition) is 4. The Bertz CT molecular complexity index is 852. The first-order chi connectivity index (χ1) is 11.8. The Kier molecular flexibility index (Phi) is 3.66. The van der Waals surface area contributed by atoms with Crippen LogP contribution in [0.1, 0.15) is 23.5 Å². The van der Waals surface area contributed by atoms with E-state index in [9.17, 15) is 5.11 Å². The smallest absolute Gasteiger partial charge is 0.174 e. The van der Waals surface area contributed by atoms with Crippen LogP contribution >= 0.6 is 12.2 Å². The number of aromatic nitrogens is 1. The molecule has 3 heterocycles. The summed E-state index contributed by atoms with van der Waals surface area (Å²) in [7, 11) is 0. The minimum absolute atomic E-state index is 0.167. The zero-order chi connectivity index (χ0) is 16.5. The summed E-state index contributed by atoms with van der Waals surface area (Å²) < 4.78 is 5.66. The minimum atomic E-state index is -0.240. The summed E-state index contributed by atoms with van der Waals surface area (Å²) >= 11 is 5.54. The van der Waals surface area contributed by atoms with E-state index in [0.717, 1.165) is 11.5 Å². The molecule has 0 saturated carbocycles. The van der Waals surface area contributed by atoms with Crippen LogP contribution in [-0.4, -0.2) is 15.2 Å². The van der Waals surface area contributed by atoms with Crippen LogP contribution in [0.3, 0.4) is 0 Å². The summed E-state index contributed by atoms with van der Waals surface area (Å²) in [6.45, 7) is 0. The molecule has 24 heavy (non-hydrogen) atoms. The van der Waals surface area contributed by atoms with Crippen molar-refractivity contribution < 1.29 is 9.52 Å². The predicted molar refractivity (Wildman–Crippen MR) is 94.7 cm³/mol. The highest BCUT2D eigenvalue weighted by Crippen LogP contribution is 2.43. The molecule has 1 fully saturated rings. The Labute approximate surface area is 144 Å². The third-order valence-electron chi connectivity index (χ3n) is 4.07. The summed E-state index contributed by atoms with van der Waals surface area (Å²) in [4.78, 5) is 6.33. The highest BCUT2D eigenvalue weighted by molar-refractivity contribution is 7.80. The van der Waals surface area contributed by atoms with Gasteiger partial charge in [-0.2, -0.15) is 0 Å². The van der Waals surface area contributed by atoms with E-state index in [1.807, 2.05) is 47.4 Å². The van der Waals surface area contributed by atoms with Crippen molar-refractivity contribution in [3.05, 3.63) is 78.5 Å². The van der Waals surface area contributed by atoms with Gasteiger partial charge < -0.3 is 19.7 Å². The lowest BCUT2D eigenvalue weighted by molar-refractivity contribution is 0.428. The van der Waals surface area contributed by atoms with Gasteiger partial charge in [0.05, 0.1) is 23.7 Å². The van der Waals surface area contributed by atoms with Gasteiger partial charge in [0, 0.05) is 6.20 Å². The third kappa shape index (κ3) is 2.41. The van der Waals surface area contributed by atoms with Gasteiger partial charge >= 0.3 is 0 Å². The van der Waals surface area contributed by atoms with Crippen molar-refractivity contribution in [2.24, 2.45) is 0 Å². The number of pyridine rings is 1. The number of benzene rings is 1. The zero-order valence-corrected chi connectivity index (χ0v) is 13.5. The number of para-hydroxylation sites is 2. The average Bonchev–Trinajstić information content (AvgIpc) is 3.24. The number of phenols is 1. The Balaban J connectivity index is 1.84. The van der Waals surface area contributed by atoms with Crippen molar-refractivity contribution in [2.75, 3.05) is 4.90 Å². The maximum absolute atomic E-state index is 10.3. The molecule has 2 aromatic heterocycles. The summed E-state index contributed by atoms with van der Waals surface area (Å²) in [6, 6.07) is 16.2. The standard InChI is InChI=1S/C18H15N3O2S/c22-14-8-2-1-7-13(14)21-17(15-9-5-11-23-15)16(20-18(21)24)12-6-3-4-10-19-12/h1-11,16-17,22H,(H,20,24)/t16-,17-/m1/s1. The van der Waals surface area contributed by atoms with Crippen molar-refractivity contribution in [1.29, 1.82) is 0 Å². The Hall–Kier alpha value is -2.86. The van der Waals surface area contributed by atoms with Gasteiger partial charge in [-0.3, -0.25) is 4.98 Å². The number of thiocarbonyl (C=S) groups is 1. The first-order valence-corrected chi connectivity index (χ1v) is 7.98. The first kappa shape index (κ1) is 14.7. The molecule has 0 unspecified atom stereocenters. The lowest BCUT2D eigenvalue weighted by Gasteiger charge is -2.26. The number of nitrogens with zero attached hydrogens (tertiary/aromatic N) is 2. The molecule has 3 aromatic rings. The molecule has 4 rings (SSSR count). The summed E-state index contributed by atoms with van der Waals surface area (Å²) in [5, 5.41) is 14.1. The molecule has 1 aliphatic rings. The van der Waals surface area contributed by atoms with Gasteiger partial charge in [0.2, 0.25) is 0 Å². The fourth-order valence-electron chi connectivity index (χ4n) is 3.03. The zero-order valence-electron chi connectivity index (χ0n) is 12.7. The number of anilines is 1. The van der Waals surface area contributed by atoms with Crippen molar-refractivity contribution >= 4 is 23.0 Å². The highest BCUT2D eigenvalue weighted by Gasteiger charge is 2.42. The molecule has 2 atom stereocenters. The lowest BCUT2D eigenvalue weighted by atomic mass is 10.0. The first-order valence-electron chi connectivity index (χ1n) is 7.58. The molecule has 0 aliphatic carbocycles. The van der Waals surface area contributed by atoms with Gasteiger partial charge in [0.15, 0.2) is 5.11 Å². The average molecular weight is 337 g/mol. The van der Waals surface area contributed by atoms with Crippen molar-refractivity contribution in [3.8, 4) is 5.75 Å². The SMILES string of the molecule is Oc1ccccc1N1C(=S)N[C@H](c2ccccn2)[C@H]1c1ccco1. The number of hydrogen-bond donors (Lipinski definition) is 2. The molecule has 6 heteroatoms. The largest absolute Gasteiger partial charge is 0.506 e. The second-order valence-corrected chi connectivity index (χ2v) is 5.89. The van der Waals surface area contributed by atoms with Crippen LogP contribution in [-0.2, 0) is 0 Å². The number of nitrogens with one attached hydrogen (secondary N) is 1. The van der Waals surface area contributed by atoms with Crippen LogP contribution < -0.4 is 10.2 Å². The van der Waals surface area contributed by atoms with Crippen LogP contribution in [0, 0.1) is 0 Å². The number of rotatable bonds is 3. The molecular weight excluding hydrogens is 322 g/mol. The van der Waals surface area contributed by atoms with E-state index in [1.165, 1.54) is 0 Å². The third-order valence-corrected chi connectivity index (χ3v) is 4.39. The molecule has 1 aromatic carbocycles. The van der Waals surface area contributed by atoms with E-state index in [1.54, 1.807) is 24.6 Å². The topological polar surface area (TPSA) is 61.5 Å². The van der Waals surface area contributed by atoms with Crippen molar-refractivity contribution in [3.63, 3.8) is 0 Å². The highest BCUT2D eigenvalue weighted by atomic mass is 32.1. The molecule has 120 valence electrons.